The fourth-order valence-corrected chi connectivity index (χ4v) is 2.16. The van der Waals surface area contributed by atoms with Crippen molar-refractivity contribution in [2.24, 2.45) is 0 Å². The normalized spacial score (nSPS) is 10.1. The van der Waals surface area contributed by atoms with Crippen molar-refractivity contribution in [1.29, 1.82) is 0 Å². The Morgan fingerprint density at radius 3 is 2.04 bits per heavy atom. The van der Waals surface area contributed by atoms with Gasteiger partial charge in [0.1, 0.15) is 12.4 Å². The average molecular weight is 303 g/mol. The minimum atomic E-state index is -0.112. The maximum atomic E-state index is 12.1. The molecule has 3 nitrogen and oxygen atoms in total. The van der Waals surface area contributed by atoms with Crippen molar-refractivity contribution < 1.29 is 9.53 Å². The van der Waals surface area contributed by atoms with Crippen molar-refractivity contribution in [3.63, 3.8) is 0 Å². The molecule has 0 fully saturated rings. The van der Waals surface area contributed by atoms with Crippen molar-refractivity contribution in [2.45, 2.75) is 6.61 Å². The Morgan fingerprint density at radius 2 is 1.39 bits per heavy atom. The number of hydrogen-bond donors (Lipinski definition) is 1. The van der Waals surface area contributed by atoms with Crippen LogP contribution in [-0.4, -0.2) is 5.91 Å². The van der Waals surface area contributed by atoms with Crippen molar-refractivity contribution in [1.82, 2.24) is 0 Å². The Kier molecular flexibility index (Phi) is 4.69. The molecule has 0 saturated carbocycles. The summed E-state index contributed by atoms with van der Waals surface area (Å²) in [4.78, 5) is 12.1. The van der Waals surface area contributed by atoms with Gasteiger partial charge in [-0.1, -0.05) is 48.5 Å². The monoisotopic (exact) mass is 303 g/mol. The second-order valence-electron chi connectivity index (χ2n) is 5.12. The molecule has 0 aliphatic rings. The van der Waals surface area contributed by atoms with Crippen molar-refractivity contribution >= 4 is 11.6 Å². The van der Waals surface area contributed by atoms with Crippen LogP contribution in [0.25, 0.3) is 0 Å². The summed E-state index contributed by atoms with van der Waals surface area (Å²) in [5, 5.41) is 2.88. The van der Waals surface area contributed by atoms with E-state index in [0.717, 1.165) is 17.0 Å². The first-order chi connectivity index (χ1) is 11.3. The highest BCUT2D eigenvalue weighted by Gasteiger charge is 2.05. The lowest BCUT2D eigenvalue weighted by Gasteiger charge is -2.08. The number of hydrogen-bond acceptors (Lipinski definition) is 2. The number of rotatable bonds is 5. The molecule has 114 valence electrons. The number of anilines is 1. The van der Waals surface area contributed by atoms with E-state index in [1.807, 2.05) is 72.8 Å². The first kappa shape index (κ1) is 14.9. The van der Waals surface area contributed by atoms with E-state index < -0.39 is 0 Å². The molecule has 0 aromatic heterocycles. The van der Waals surface area contributed by atoms with Gasteiger partial charge in [-0.2, -0.15) is 0 Å². The van der Waals surface area contributed by atoms with E-state index in [-0.39, 0.29) is 5.91 Å². The topological polar surface area (TPSA) is 38.3 Å². The molecule has 0 saturated heterocycles. The largest absolute Gasteiger partial charge is 0.489 e. The summed E-state index contributed by atoms with van der Waals surface area (Å²) >= 11 is 0. The number of nitrogens with one attached hydrogen (secondary N) is 1. The number of ether oxygens (including phenoxy) is 1. The Balaban J connectivity index is 1.58. The Labute approximate surface area is 135 Å². The highest BCUT2D eigenvalue weighted by atomic mass is 16.5. The zero-order valence-electron chi connectivity index (χ0n) is 12.6. The summed E-state index contributed by atoms with van der Waals surface area (Å²) < 4.78 is 5.69. The van der Waals surface area contributed by atoms with Gasteiger partial charge in [-0.25, -0.2) is 0 Å². The summed E-state index contributed by atoms with van der Waals surface area (Å²) in [7, 11) is 0. The lowest BCUT2D eigenvalue weighted by molar-refractivity contribution is 0.102. The Hall–Kier alpha value is -3.07. The molecule has 3 rings (SSSR count). The number of para-hydroxylation sites is 1. The average Bonchev–Trinajstić information content (AvgIpc) is 2.63. The van der Waals surface area contributed by atoms with E-state index in [4.69, 9.17) is 4.74 Å². The molecular formula is C20H17NO2. The molecule has 1 amide bonds. The lowest BCUT2D eigenvalue weighted by atomic mass is 10.2. The quantitative estimate of drug-likeness (QED) is 0.752. The van der Waals surface area contributed by atoms with Crippen LogP contribution in [-0.2, 0) is 6.61 Å². The molecular weight excluding hydrogens is 286 g/mol. The van der Waals surface area contributed by atoms with Crippen LogP contribution in [0.5, 0.6) is 5.75 Å². The third-order valence-corrected chi connectivity index (χ3v) is 3.40. The Morgan fingerprint density at radius 1 is 0.783 bits per heavy atom. The van der Waals surface area contributed by atoms with Gasteiger partial charge in [0, 0.05) is 11.3 Å². The third-order valence-electron chi connectivity index (χ3n) is 3.40. The highest BCUT2D eigenvalue weighted by molar-refractivity contribution is 6.04. The molecule has 3 heteroatoms. The van der Waals surface area contributed by atoms with Crippen molar-refractivity contribution in [2.75, 3.05) is 5.32 Å². The lowest BCUT2D eigenvalue weighted by Crippen LogP contribution is -2.11. The Bertz CT molecular complexity index is 753. The zero-order valence-corrected chi connectivity index (χ0v) is 12.6. The van der Waals surface area contributed by atoms with Crippen LogP contribution in [0.4, 0.5) is 5.69 Å². The van der Waals surface area contributed by atoms with E-state index in [1.165, 1.54) is 0 Å². The molecule has 0 heterocycles. The fraction of sp³-hybridized carbons (Fsp3) is 0.0500. The molecule has 1 N–H and O–H groups in total. The van der Waals surface area contributed by atoms with Crippen LogP contribution >= 0.6 is 0 Å². The van der Waals surface area contributed by atoms with E-state index in [0.29, 0.717) is 12.2 Å². The van der Waals surface area contributed by atoms with Gasteiger partial charge in [0.25, 0.3) is 5.91 Å². The van der Waals surface area contributed by atoms with E-state index in [1.54, 1.807) is 12.1 Å². The van der Waals surface area contributed by atoms with Gasteiger partial charge >= 0.3 is 0 Å². The molecule has 0 radical (unpaired) electrons. The van der Waals surface area contributed by atoms with Crippen LogP contribution in [0.3, 0.4) is 0 Å². The number of carbonyl (C=O) groups excluding carboxylic acids is 1. The highest BCUT2D eigenvalue weighted by Crippen LogP contribution is 2.14. The maximum absolute atomic E-state index is 12.1. The van der Waals surface area contributed by atoms with Crippen LogP contribution in [0.2, 0.25) is 0 Å². The van der Waals surface area contributed by atoms with Gasteiger partial charge in [0.15, 0.2) is 0 Å². The molecule has 23 heavy (non-hydrogen) atoms. The number of benzene rings is 3. The fourth-order valence-electron chi connectivity index (χ4n) is 2.16. The number of amides is 1. The minimum absolute atomic E-state index is 0.112. The van der Waals surface area contributed by atoms with Crippen LogP contribution in [0.1, 0.15) is 15.9 Å². The van der Waals surface area contributed by atoms with E-state index in [2.05, 4.69) is 5.32 Å². The predicted octanol–water partition coefficient (Wildman–Crippen LogP) is 4.52. The standard InChI is InChI=1S/C20H17NO2/c22-20(17-7-3-1-4-8-17)21-18-13-11-16(12-14-18)15-23-19-9-5-2-6-10-19/h1-14H,15H2,(H,21,22). The molecule has 0 aliphatic heterocycles. The minimum Gasteiger partial charge on any atom is -0.489 e. The second kappa shape index (κ2) is 7.27. The number of carbonyl (C=O) groups is 1. The van der Waals surface area contributed by atoms with Gasteiger partial charge in [-0.05, 0) is 42.0 Å². The van der Waals surface area contributed by atoms with Crippen LogP contribution in [0.15, 0.2) is 84.9 Å². The van der Waals surface area contributed by atoms with Gasteiger partial charge in [-0.3, -0.25) is 4.79 Å². The summed E-state index contributed by atoms with van der Waals surface area (Å²) in [5.41, 5.74) is 2.46. The first-order valence-corrected chi connectivity index (χ1v) is 7.44. The molecule has 3 aromatic rings. The second-order valence-corrected chi connectivity index (χ2v) is 5.12. The molecule has 0 spiro atoms. The summed E-state index contributed by atoms with van der Waals surface area (Å²) in [5.74, 6) is 0.729. The predicted molar refractivity (Wildman–Crippen MR) is 91.6 cm³/mol. The van der Waals surface area contributed by atoms with Gasteiger partial charge < -0.3 is 10.1 Å². The first-order valence-electron chi connectivity index (χ1n) is 7.44. The smallest absolute Gasteiger partial charge is 0.255 e. The molecule has 0 bridgehead atoms. The summed E-state index contributed by atoms with van der Waals surface area (Å²) in [6.45, 7) is 0.497. The summed E-state index contributed by atoms with van der Waals surface area (Å²) in [6.07, 6.45) is 0. The SMILES string of the molecule is O=C(Nc1ccc(COc2ccccc2)cc1)c1ccccc1. The van der Waals surface area contributed by atoms with E-state index in [9.17, 15) is 4.79 Å². The van der Waals surface area contributed by atoms with Crippen molar-refractivity contribution in [3.8, 4) is 5.75 Å². The molecule has 0 unspecified atom stereocenters. The molecule has 0 atom stereocenters. The van der Waals surface area contributed by atoms with E-state index >= 15 is 0 Å². The van der Waals surface area contributed by atoms with Crippen molar-refractivity contribution in [3.05, 3.63) is 96.1 Å². The van der Waals surface area contributed by atoms with Gasteiger partial charge in [0.05, 0.1) is 0 Å². The van der Waals surface area contributed by atoms with Crippen LogP contribution in [0, 0.1) is 0 Å². The third kappa shape index (κ3) is 4.20. The maximum Gasteiger partial charge on any atom is 0.255 e. The van der Waals surface area contributed by atoms with Gasteiger partial charge in [0.2, 0.25) is 0 Å². The van der Waals surface area contributed by atoms with Gasteiger partial charge in [-0.15, -0.1) is 0 Å². The molecule has 0 aliphatic carbocycles. The molecule has 3 aromatic carbocycles. The zero-order chi connectivity index (χ0) is 15.9. The summed E-state index contributed by atoms with van der Waals surface area (Å²) in [6, 6.07) is 26.5. The van der Waals surface area contributed by atoms with Crippen LogP contribution < -0.4 is 10.1 Å².